The Bertz CT molecular complexity index is 537. The molecule has 4 nitrogen and oxygen atoms in total. The fraction of sp³-hybridized carbons (Fsp3) is 0.889. The number of carbonyl (C=O) groups excluding carboxylic acids is 2. The molecule has 6 rings (SSSR count). The van der Waals surface area contributed by atoms with Crippen LogP contribution in [0.3, 0.4) is 0 Å². The average Bonchev–Trinajstić information content (AvgIpc) is 2.99. The summed E-state index contributed by atoms with van der Waals surface area (Å²) in [7, 11) is 0. The van der Waals surface area contributed by atoms with Gasteiger partial charge in [0.05, 0.1) is 4.87 Å². The van der Waals surface area contributed by atoms with Crippen molar-refractivity contribution in [3.63, 3.8) is 0 Å². The van der Waals surface area contributed by atoms with Crippen molar-refractivity contribution >= 4 is 23.6 Å². The lowest BCUT2D eigenvalue weighted by molar-refractivity contribution is -0.139. The lowest BCUT2D eigenvalue weighted by Gasteiger charge is -2.54. The van der Waals surface area contributed by atoms with Crippen LogP contribution in [0.15, 0.2) is 0 Å². The number of rotatable bonds is 2. The van der Waals surface area contributed by atoms with Gasteiger partial charge in [0.15, 0.2) is 0 Å². The minimum absolute atomic E-state index is 0.119. The molecule has 2 saturated heterocycles. The van der Waals surface area contributed by atoms with Gasteiger partial charge < -0.3 is 10.2 Å². The van der Waals surface area contributed by atoms with Crippen LogP contribution in [-0.2, 0) is 9.59 Å². The summed E-state index contributed by atoms with van der Waals surface area (Å²) in [4.78, 5) is 27.0. The van der Waals surface area contributed by atoms with Gasteiger partial charge in [-0.2, -0.15) is 0 Å². The van der Waals surface area contributed by atoms with Gasteiger partial charge in [-0.3, -0.25) is 9.59 Å². The van der Waals surface area contributed by atoms with Crippen molar-refractivity contribution in [1.82, 2.24) is 10.2 Å². The third-order valence-corrected chi connectivity index (χ3v) is 8.79. The Morgan fingerprint density at radius 1 is 1.17 bits per heavy atom. The summed E-state index contributed by atoms with van der Waals surface area (Å²) in [5.74, 6) is 4.31. The first-order valence-corrected chi connectivity index (χ1v) is 10.3. The highest BCUT2D eigenvalue weighted by Crippen LogP contribution is 2.54. The van der Waals surface area contributed by atoms with E-state index in [9.17, 15) is 9.59 Å². The van der Waals surface area contributed by atoms with E-state index in [1.807, 2.05) is 4.90 Å². The lowest BCUT2D eigenvalue weighted by atomic mass is 9.54. The number of fused-ring (bicyclic) bond motifs is 1. The van der Waals surface area contributed by atoms with Gasteiger partial charge in [0.2, 0.25) is 11.8 Å². The first kappa shape index (κ1) is 14.6. The molecule has 2 atom stereocenters. The molecule has 2 amide bonds. The fourth-order valence-electron chi connectivity index (χ4n) is 6.44. The Morgan fingerprint density at radius 3 is 2.48 bits per heavy atom. The van der Waals surface area contributed by atoms with Crippen LogP contribution in [0.4, 0.5) is 0 Å². The van der Waals surface area contributed by atoms with Crippen LogP contribution in [0.5, 0.6) is 0 Å². The average molecular weight is 334 g/mol. The molecule has 2 unspecified atom stereocenters. The zero-order valence-electron chi connectivity index (χ0n) is 13.8. The maximum atomic E-state index is 12.9. The molecular weight excluding hydrogens is 308 g/mol. The number of nitrogens with one attached hydrogen (secondary N) is 1. The highest BCUT2D eigenvalue weighted by molar-refractivity contribution is 8.01. The summed E-state index contributed by atoms with van der Waals surface area (Å²) in [5.41, 5.74) is 0. The first-order valence-electron chi connectivity index (χ1n) is 9.30. The molecule has 4 saturated carbocycles. The second-order valence-electron chi connectivity index (χ2n) is 8.73. The van der Waals surface area contributed by atoms with Crippen LogP contribution in [-0.4, -0.2) is 39.4 Å². The fourth-order valence-corrected chi connectivity index (χ4v) is 7.87. The van der Waals surface area contributed by atoms with E-state index in [0.717, 1.165) is 24.0 Å². The molecule has 6 fully saturated rings. The topological polar surface area (TPSA) is 49.4 Å². The van der Waals surface area contributed by atoms with Crippen LogP contribution in [0.1, 0.15) is 51.9 Å². The number of amides is 2. The Labute approximate surface area is 142 Å². The molecule has 5 heteroatoms. The van der Waals surface area contributed by atoms with E-state index in [2.05, 4.69) is 12.2 Å². The van der Waals surface area contributed by atoms with Gasteiger partial charge in [0.25, 0.3) is 0 Å². The zero-order chi connectivity index (χ0) is 15.8. The van der Waals surface area contributed by atoms with Crippen LogP contribution in [0, 0.1) is 23.7 Å². The van der Waals surface area contributed by atoms with E-state index in [1.165, 1.54) is 32.1 Å². The number of thioether (sulfide) groups is 1. The summed E-state index contributed by atoms with van der Waals surface area (Å²) < 4.78 is 0. The van der Waals surface area contributed by atoms with Gasteiger partial charge >= 0.3 is 0 Å². The monoisotopic (exact) mass is 334 g/mol. The van der Waals surface area contributed by atoms with Crippen molar-refractivity contribution in [1.29, 1.82) is 0 Å². The largest absolute Gasteiger partial charge is 0.351 e. The predicted octanol–water partition coefficient (Wildman–Crippen LogP) is 2.38. The van der Waals surface area contributed by atoms with Gasteiger partial charge in [0.1, 0.15) is 6.04 Å². The van der Waals surface area contributed by atoms with Crippen molar-refractivity contribution < 1.29 is 9.59 Å². The molecule has 2 aliphatic heterocycles. The summed E-state index contributed by atoms with van der Waals surface area (Å²) in [6.07, 6.45) is 8.20. The number of carbonyl (C=O) groups is 2. The molecule has 23 heavy (non-hydrogen) atoms. The smallest absolute Gasteiger partial charge is 0.243 e. The SMILES string of the molecule is CC12CCC(=O)N1C(C(=O)NC1C3CC4CC(C3)CC1C4)CS2. The summed E-state index contributed by atoms with van der Waals surface area (Å²) >= 11 is 1.79. The zero-order valence-corrected chi connectivity index (χ0v) is 14.6. The molecule has 0 radical (unpaired) electrons. The molecule has 0 spiro atoms. The van der Waals surface area contributed by atoms with Crippen molar-refractivity contribution in [2.75, 3.05) is 5.75 Å². The summed E-state index contributed by atoms with van der Waals surface area (Å²) in [5, 5.41) is 3.41. The van der Waals surface area contributed by atoms with Gasteiger partial charge in [-0.05, 0) is 69.1 Å². The Morgan fingerprint density at radius 2 is 1.83 bits per heavy atom. The molecule has 4 aliphatic carbocycles. The highest BCUT2D eigenvalue weighted by Gasteiger charge is 2.54. The van der Waals surface area contributed by atoms with Crippen LogP contribution < -0.4 is 5.32 Å². The van der Waals surface area contributed by atoms with Gasteiger partial charge in [0, 0.05) is 18.2 Å². The Kier molecular flexibility index (Phi) is 3.11. The van der Waals surface area contributed by atoms with E-state index >= 15 is 0 Å². The van der Waals surface area contributed by atoms with Crippen molar-refractivity contribution in [2.45, 2.75) is 68.8 Å². The molecule has 4 bridgehead atoms. The van der Waals surface area contributed by atoms with Crippen LogP contribution in [0.25, 0.3) is 0 Å². The minimum atomic E-state index is -0.239. The normalized spacial score (nSPS) is 50.5. The molecule has 1 N–H and O–H groups in total. The van der Waals surface area contributed by atoms with E-state index in [4.69, 9.17) is 0 Å². The van der Waals surface area contributed by atoms with Crippen molar-refractivity contribution in [3.05, 3.63) is 0 Å². The highest BCUT2D eigenvalue weighted by atomic mass is 32.2. The summed E-state index contributed by atoms with van der Waals surface area (Å²) in [6.45, 7) is 2.12. The Hall–Kier alpha value is -0.710. The number of hydrogen-bond acceptors (Lipinski definition) is 3. The first-order chi connectivity index (χ1) is 11.0. The molecule has 0 aromatic carbocycles. The number of hydrogen-bond donors (Lipinski definition) is 1. The van der Waals surface area contributed by atoms with E-state index in [-0.39, 0.29) is 22.7 Å². The molecule has 0 aromatic heterocycles. The van der Waals surface area contributed by atoms with Gasteiger partial charge in [-0.1, -0.05) is 0 Å². The predicted molar refractivity (Wildman–Crippen MR) is 89.7 cm³/mol. The van der Waals surface area contributed by atoms with E-state index in [1.54, 1.807) is 11.8 Å². The second-order valence-corrected chi connectivity index (χ2v) is 10.2. The van der Waals surface area contributed by atoms with Crippen LogP contribution in [0.2, 0.25) is 0 Å². The minimum Gasteiger partial charge on any atom is -0.351 e. The van der Waals surface area contributed by atoms with Gasteiger partial charge in [-0.15, -0.1) is 11.8 Å². The van der Waals surface area contributed by atoms with Crippen LogP contribution >= 0.6 is 11.8 Å². The lowest BCUT2D eigenvalue weighted by Crippen LogP contribution is -2.59. The van der Waals surface area contributed by atoms with Crippen molar-refractivity contribution in [3.8, 4) is 0 Å². The molecule has 6 aliphatic rings. The molecule has 2 heterocycles. The molecule has 0 aromatic rings. The quantitative estimate of drug-likeness (QED) is 0.843. The standard InChI is InChI=1S/C18H26N2O2S/c1-18-3-2-15(21)20(18)14(9-23-18)17(22)19-16-12-5-10-4-11(7-12)8-13(16)6-10/h10-14,16H,2-9H2,1H3,(H,19,22). The molecule has 126 valence electrons. The third-order valence-electron chi connectivity index (χ3n) is 7.28. The third kappa shape index (κ3) is 2.11. The van der Waals surface area contributed by atoms with E-state index in [0.29, 0.717) is 24.3 Å². The maximum Gasteiger partial charge on any atom is 0.243 e. The number of nitrogens with zero attached hydrogens (tertiary/aromatic N) is 1. The maximum absolute atomic E-state index is 12.9. The van der Waals surface area contributed by atoms with E-state index < -0.39 is 0 Å². The summed E-state index contributed by atoms with van der Waals surface area (Å²) in [6, 6.07) is 0.141. The molecular formula is C18H26N2O2S. The van der Waals surface area contributed by atoms with Gasteiger partial charge in [-0.25, -0.2) is 0 Å². The Balaban J connectivity index is 1.32. The van der Waals surface area contributed by atoms with Crippen molar-refractivity contribution in [2.24, 2.45) is 23.7 Å². The second kappa shape index (κ2) is 4.90.